The number of hydrogen-bond donors (Lipinski definition) is 0. The van der Waals surface area contributed by atoms with E-state index in [4.69, 9.17) is 0 Å². The van der Waals surface area contributed by atoms with Crippen LogP contribution in [0.2, 0.25) is 0 Å². The highest BCUT2D eigenvalue weighted by molar-refractivity contribution is 6.05. The molecule has 3 aromatic heterocycles. The average molecular weight is 384 g/mol. The quantitative estimate of drug-likeness (QED) is 0.614. The van der Waals surface area contributed by atoms with Crippen molar-refractivity contribution < 1.29 is 9.59 Å². The summed E-state index contributed by atoms with van der Waals surface area (Å²) in [6.45, 7) is 0.666. The van der Waals surface area contributed by atoms with Crippen LogP contribution < -0.4 is 0 Å². The van der Waals surface area contributed by atoms with Gasteiger partial charge in [-0.25, -0.2) is 0 Å². The Balaban J connectivity index is 1.77. The van der Waals surface area contributed by atoms with Gasteiger partial charge >= 0.3 is 0 Å². The lowest BCUT2D eigenvalue weighted by atomic mass is 10.2. The summed E-state index contributed by atoms with van der Waals surface area (Å²) >= 11 is 0. The van der Waals surface area contributed by atoms with Crippen LogP contribution in [0.5, 0.6) is 0 Å². The molecule has 0 aliphatic heterocycles. The molecule has 3 heterocycles. The molecular formula is C18H24N8O2. The fraction of sp³-hybridized carbons (Fsp3) is 0.389. The van der Waals surface area contributed by atoms with Crippen molar-refractivity contribution in [2.24, 2.45) is 21.1 Å². The standard InChI is InChI=1S/C18H24N8O2/c1-22(10-13-6-8-24(3)19-13)17(27)15-12-26(5)21-16(15)18(28)23(2)11-14-7-9-25(4)20-14/h6-9,12H,10-11H2,1-5H3. The van der Waals surface area contributed by atoms with Crippen LogP contribution in [-0.2, 0) is 34.2 Å². The van der Waals surface area contributed by atoms with Crippen molar-refractivity contribution in [1.82, 2.24) is 39.1 Å². The van der Waals surface area contributed by atoms with Crippen LogP contribution in [0.1, 0.15) is 32.2 Å². The minimum absolute atomic E-state index is 0.124. The molecule has 148 valence electrons. The van der Waals surface area contributed by atoms with Gasteiger partial charge in [0.1, 0.15) is 0 Å². The first-order valence-corrected chi connectivity index (χ1v) is 8.76. The van der Waals surface area contributed by atoms with E-state index in [0.29, 0.717) is 13.1 Å². The van der Waals surface area contributed by atoms with Crippen LogP contribution in [0.25, 0.3) is 0 Å². The number of carbonyl (C=O) groups excluding carboxylic acids is 2. The van der Waals surface area contributed by atoms with Crippen LogP contribution in [0.15, 0.2) is 30.7 Å². The van der Waals surface area contributed by atoms with E-state index in [9.17, 15) is 9.59 Å². The Morgan fingerprint density at radius 2 is 1.32 bits per heavy atom. The second-order valence-corrected chi connectivity index (χ2v) is 6.85. The number of hydrogen-bond acceptors (Lipinski definition) is 5. The second kappa shape index (κ2) is 7.67. The van der Waals surface area contributed by atoms with Crippen LogP contribution >= 0.6 is 0 Å². The first kappa shape index (κ1) is 19.3. The summed E-state index contributed by atoms with van der Waals surface area (Å²) in [5, 5.41) is 12.8. The number of aryl methyl sites for hydroxylation is 3. The highest BCUT2D eigenvalue weighted by Crippen LogP contribution is 2.14. The molecule has 0 saturated carbocycles. The summed E-state index contributed by atoms with van der Waals surface area (Å²) in [6, 6.07) is 3.69. The fourth-order valence-corrected chi connectivity index (χ4v) is 2.91. The van der Waals surface area contributed by atoms with Crippen molar-refractivity contribution in [3.8, 4) is 0 Å². The molecule has 0 unspecified atom stereocenters. The fourth-order valence-electron chi connectivity index (χ4n) is 2.91. The maximum absolute atomic E-state index is 12.9. The Labute approximate surface area is 162 Å². The summed E-state index contributed by atoms with van der Waals surface area (Å²) in [6.07, 6.45) is 5.20. The molecule has 0 radical (unpaired) electrons. The highest BCUT2D eigenvalue weighted by atomic mass is 16.2. The number of aromatic nitrogens is 6. The minimum atomic E-state index is -0.333. The topological polar surface area (TPSA) is 94.1 Å². The van der Waals surface area contributed by atoms with Crippen molar-refractivity contribution in [2.45, 2.75) is 13.1 Å². The van der Waals surface area contributed by atoms with Gasteiger partial charge in [0.05, 0.1) is 30.0 Å². The number of amides is 2. The first-order chi connectivity index (χ1) is 13.2. The van der Waals surface area contributed by atoms with E-state index < -0.39 is 0 Å². The normalized spacial score (nSPS) is 10.9. The molecule has 10 heteroatoms. The van der Waals surface area contributed by atoms with Crippen LogP contribution in [-0.4, -0.2) is 65.1 Å². The Morgan fingerprint density at radius 1 is 0.821 bits per heavy atom. The SMILES string of the molecule is CN(Cc1ccn(C)n1)C(=O)c1cn(C)nc1C(=O)N(C)Cc1ccn(C)n1. The zero-order valence-electron chi connectivity index (χ0n) is 16.7. The van der Waals surface area contributed by atoms with E-state index in [1.165, 1.54) is 14.5 Å². The molecule has 0 N–H and O–H groups in total. The lowest BCUT2D eigenvalue weighted by Crippen LogP contribution is -2.31. The van der Waals surface area contributed by atoms with Gasteiger partial charge in [-0.2, -0.15) is 15.3 Å². The van der Waals surface area contributed by atoms with Gasteiger partial charge in [-0.1, -0.05) is 0 Å². The predicted octanol–water partition coefficient (Wildman–Crippen LogP) is 0.432. The second-order valence-electron chi connectivity index (χ2n) is 6.85. The molecule has 0 aliphatic carbocycles. The molecular weight excluding hydrogens is 360 g/mol. The smallest absolute Gasteiger partial charge is 0.275 e. The van der Waals surface area contributed by atoms with Gasteiger partial charge < -0.3 is 9.80 Å². The largest absolute Gasteiger partial charge is 0.336 e. The molecule has 0 fully saturated rings. The Kier molecular flexibility index (Phi) is 5.30. The summed E-state index contributed by atoms with van der Waals surface area (Å²) < 4.78 is 4.83. The van der Waals surface area contributed by atoms with Crippen LogP contribution in [0.4, 0.5) is 0 Å². The van der Waals surface area contributed by atoms with Crippen molar-refractivity contribution in [2.75, 3.05) is 14.1 Å². The average Bonchev–Trinajstić information content (AvgIpc) is 3.34. The third-order valence-electron chi connectivity index (χ3n) is 4.29. The minimum Gasteiger partial charge on any atom is -0.336 e. The molecule has 10 nitrogen and oxygen atoms in total. The van der Waals surface area contributed by atoms with Crippen molar-refractivity contribution in [3.05, 3.63) is 53.4 Å². The molecule has 3 aromatic rings. The van der Waals surface area contributed by atoms with Crippen LogP contribution in [0.3, 0.4) is 0 Å². The van der Waals surface area contributed by atoms with E-state index in [1.54, 1.807) is 36.7 Å². The summed E-state index contributed by atoms with van der Waals surface area (Å²) in [5.41, 5.74) is 1.91. The number of nitrogens with zero attached hydrogens (tertiary/aromatic N) is 8. The Hall–Kier alpha value is -3.43. The number of rotatable bonds is 6. The molecule has 0 bridgehead atoms. The lowest BCUT2D eigenvalue weighted by molar-refractivity contribution is 0.0742. The number of carbonyl (C=O) groups is 2. The van der Waals surface area contributed by atoms with Crippen LogP contribution in [0, 0.1) is 0 Å². The van der Waals surface area contributed by atoms with E-state index in [0.717, 1.165) is 11.4 Å². The van der Waals surface area contributed by atoms with Crippen molar-refractivity contribution in [3.63, 3.8) is 0 Å². The molecule has 28 heavy (non-hydrogen) atoms. The Bertz CT molecular complexity index is 921. The zero-order chi connectivity index (χ0) is 20.4. The molecule has 0 aromatic carbocycles. The summed E-state index contributed by atoms with van der Waals surface area (Å²) in [5.74, 6) is -0.617. The third-order valence-corrected chi connectivity index (χ3v) is 4.29. The maximum Gasteiger partial charge on any atom is 0.275 e. The van der Waals surface area contributed by atoms with Crippen molar-refractivity contribution >= 4 is 11.8 Å². The highest BCUT2D eigenvalue weighted by Gasteiger charge is 2.26. The van der Waals surface area contributed by atoms with E-state index in [2.05, 4.69) is 15.3 Å². The third kappa shape index (κ3) is 4.11. The lowest BCUT2D eigenvalue weighted by Gasteiger charge is -2.18. The van der Waals surface area contributed by atoms with Crippen molar-refractivity contribution in [1.29, 1.82) is 0 Å². The molecule has 0 atom stereocenters. The van der Waals surface area contributed by atoms with Gasteiger partial charge in [-0.05, 0) is 12.1 Å². The molecule has 0 aliphatic rings. The summed E-state index contributed by atoms with van der Waals surface area (Å²) in [4.78, 5) is 28.9. The zero-order valence-corrected chi connectivity index (χ0v) is 16.7. The maximum atomic E-state index is 12.9. The summed E-state index contributed by atoms with van der Waals surface area (Å²) in [7, 11) is 8.66. The van der Waals surface area contributed by atoms with E-state index in [1.807, 2.05) is 38.6 Å². The Morgan fingerprint density at radius 3 is 1.79 bits per heavy atom. The van der Waals surface area contributed by atoms with Gasteiger partial charge in [0, 0.05) is 53.8 Å². The first-order valence-electron chi connectivity index (χ1n) is 8.76. The molecule has 2 amide bonds. The van der Waals surface area contributed by atoms with Gasteiger partial charge in [-0.3, -0.25) is 23.6 Å². The van der Waals surface area contributed by atoms with E-state index >= 15 is 0 Å². The molecule has 3 rings (SSSR count). The molecule has 0 spiro atoms. The van der Waals surface area contributed by atoms with Gasteiger partial charge in [0.15, 0.2) is 5.69 Å². The van der Waals surface area contributed by atoms with Gasteiger partial charge in [0.25, 0.3) is 11.8 Å². The van der Waals surface area contributed by atoms with E-state index in [-0.39, 0.29) is 23.1 Å². The predicted molar refractivity (Wildman–Crippen MR) is 101 cm³/mol. The van der Waals surface area contributed by atoms with Gasteiger partial charge in [0.2, 0.25) is 0 Å². The molecule has 0 saturated heterocycles. The monoisotopic (exact) mass is 384 g/mol. The van der Waals surface area contributed by atoms with Gasteiger partial charge in [-0.15, -0.1) is 0 Å².